The highest BCUT2D eigenvalue weighted by Gasteiger charge is 2.17. The van der Waals surface area contributed by atoms with Crippen LogP contribution in [0.25, 0.3) is 0 Å². The van der Waals surface area contributed by atoms with Gasteiger partial charge in [-0.1, -0.05) is 0 Å². The van der Waals surface area contributed by atoms with Crippen LogP contribution in [0.5, 0.6) is 5.75 Å². The Hall–Kier alpha value is -1.75. The first kappa shape index (κ1) is 16.3. The van der Waals surface area contributed by atoms with Gasteiger partial charge in [-0.3, -0.25) is 10.1 Å². The molecular formula is C14H18ClNO4. The van der Waals surface area contributed by atoms with Gasteiger partial charge in [-0.15, -0.1) is 11.6 Å². The minimum Gasteiger partial charge on any atom is -0.496 e. The van der Waals surface area contributed by atoms with Crippen molar-refractivity contribution in [3.63, 3.8) is 0 Å². The molecule has 1 aromatic carbocycles. The summed E-state index contributed by atoms with van der Waals surface area (Å²) in [5.41, 5.74) is 0.162. The van der Waals surface area contributed by atoms with Crippen LogP contribution in [0, 0.1) is 0 Å². The fourth-order valence-corrected chi connectivity index (χ4v) is 1.64. The summed E-state index contributed by atoms with van der Waals surface area (Å²) in [6.45, 7) is 5.30. The minimum absolute atomic E-state index is 0.160. The topological polar surface area (TPSA) is 64.6 Å². The molecule has 0 heterocycles. The molecule has 0 atom stereocenters. The first-order chi connectivity index (χ1) is 9.26. The van der Waals surface area contributed by atoms with E-state index in [0.717, 1.165) is 0 Å². The number of amides is 1. The summed E-state index contributed by atoms with van der Waals surface area (Å²) in [5, 5.41) is 2.56. The van der Waals surface area contributed by atoms with E-state index in [9.17, 15) is 9.59 Å². The van der Waals surface area contributed by atoms with Gasteiger partial charge in [-0.05, 0) is 39.0 Å². The second-order valence-electron chi connectivity index (χ2n) is 5.10. The number of anilines is 1. The van der Waals surface area contributed by atoms with Crippen LogP contribution in [0.4, 0.5) is 10.5 Å². The predicted molar refractivity (Wildman–Crippen MR) is 77.9 cm³/mol. The average Bonchev–Trinajstić information content (AvgIpc) is 2.35. The highest BCUT2D eigenvalue weighted by atomic mass is 35.5. The molecule has 0 spiro atoms. The lowest BCUT2D eigenvalue weighted by Crippen LogP contribution is -2.27. The fraction of sp³-hybridized carbons (Fsp3) is 0.429. The van der Waals surface area contributed by atoms with E-state index in [2.05, 4.69) is 5.32 Å². The number of alkyl halides is 1. The zero-order chi connectivity index (χ0) is 15.3. The van der Waals surface area contributed by atoms with E-state index < -0.39 is 11.7 Å². The molecule has 0 unspecified atom stereocenters. The van der Waals surface area contributed by atoms with Gasteiger partial charge in [0.25, 0.3) is 0 Å². The van der Waals surface area contributed by atoms with E-state index in [0.29, 0.717) is 17.0 Å². The molecule has 1 amide bonds. The SMILES string of the molecule is COc1ccc(NC(=O)OC(C)(C)C)cc1C(=O)CCl. The van der Waals surface area contributed by atoms with Crippen LogP contribution in [0.3, 0.4) is 0 Å². The van der Waals surface area contributed by atoms with Crippen LogP contribution in [0.2, 0.25) is 0 Å². The number of halogens is 1. The lowest BCUT2D eigenvalue weighted by atomic mass is 10.1. The van der Waals surface area contributed by atoms with Crippen molar-refractivity contribution in [2.24, 2.45) is 0 Å². The third-order valence-electron chi connectivity index (χ3n) is 2.27. The standard InChI is InChI=1S/C14H18ClNO4/c1-14(2,3)20-13(18)16-9-5-6-12(19-4)10(7-9)11(17)8-15/h5-7H,8H2,1-4H3,(H,16,18). The van der Waals surface area contributed by atoms with Gasteiger partial charge in [0.1, 0.15) is 11.4 Å². The molecule has 0 radical (unpaired) electrons. The molecule has 0 aromatic heterocycles. The molecule has 20 heavy (non-hydrogen) atoms. The number of methoxy groups -OCH3 is 1. The van der Waals surface area contributed by atoms with Gasteiger partial charge in [0.15, 0.2) is 5.78 Å². The van der Waals surface area contributed by atoms with Crippen molar-refractivity contribution >= 4 is 29.2 Å². The number of carbonyl (C=O) groups excluding carboxylic acids is 2. The number of rotatable bonds is 4. The minimum atomic E-state index is -0.592. The van der Waals surface area contributed by atoms with Crippen molar-refractivity contribution in [1.29, 1.82) is 0 Å². The number of ketones is 1. The molecule has 5 nitrogen and oxygen atoms in total. The Morgan fingerprint density at radius 3 is 2.45 bits per heavy atom. The second-order valence-corrected chi connectivity index (χ2v) is 5.37. The summed E-state index contributed by atoms with van der Waals surface area (Å²) in [6, 6.07) is 4.72. The zero-order valence-electron chi connectivity index (χ0n) is 12.0. The smallest absolute Gasteiger partial charge is 0.412 e. The largest absolute Gasteiger partial charge is 0.496 e. The Kier molecular flexibility index (Phi) is 5.39. The van der Waals surface area contributed by atoms with E-state index in [4.69, 9.17) is 21.1 Å². The van der Waals surface area contributed by atoms with E-state index in [-0.39, 0.29) is 11.7 Å². The number of nitrogens with one attached hydrogen (secondary N) is 1. The number of hydrogen-bond donors (Lipinski definition) is 1. The van der Waals surface area contributed by atoms with E-state index in [1.165, 1.54) is 13.2 Å². The van der Waals surface area contributed by atoms with Crippen LogP contribution in [0.15, 0.2) is 18.2 Å². The first-order valence-electron chi connectivity index (χ1n) is 6.04. The molecule has 110 valence electrons. The molecule has 0 aliphatic heterocycles. The van der Waals surface area contributed by atoms with Gasteiger partial charge in [-0.25, -0.2) is 4.79 Å². The van der Waals surface area contributed by atoms with Crippen LogP contribution in [-0.2, 0) is 4.74 Å². The van der Waals surface area contributed by atoms with E-state index in [1.807, 2.05) is 0 Å². The quantitative estimate of drug-likeness (QED) is 0.683. The molecule has 0 bridgehead atoms. The lowest BCUT2D eigenvalue weighted by Gasteiger charge is -2.20. The highest BCUT2D eigenvalue weighted by molar-refractivity contribution is 6.30. The molecular weight excluding hydrogens is 282 g/mol. The Bertz CT molecular complexity index is 508. The molecule has 0 aliphatic rings. The third kappa shape index (κ3) is 4.74. The molecule has 0 saturated carbocycles. The molecule has 1 rings (SSSR count). The predicted octanol–water partition coefficient (Wildman–Crippen LogP) is 3.46. The van der Waals surface area contributed by atoms with Gasteiger partial charge in [0.05, 0.1) is 18.6 Å². The third-order valence-corrected chi connectivity index (χ3v) is 2.51. The number of carbonyl (C=O) groups is 2. The van der Waals surface area contributed by atoms with Gasteiger partial charge in [0, 0.05) is 5.69 Å². The van der Waals surface area contributed by atoms with Gasteiger partial charge in [0.2, 0.25) is 0 Å². The monoisotopic (exact) mass is 299 g/mol. The summed E-state index contributed by atoms with van der Waals surface area (Å²) in [7, 11) is 1.46. The zero-order valence-corrected chi connectivity index (χ0v) is 12.7. The van der Waals surface area contributed by atoms with Gasteiger partial charge in [-0.2, -0.15) is 0 Å². The molecule has 1 N–H and O–H groups in total. The molecule has 0 aliphatic carbocycles. The maximum Gasteiger partial charge on any atom is 0.412 e. The number of Topliss-reactive ketones (excluding diaryl/α,β-unsaturated/α-hetero) is 1. The van der Waals surface area contributed by atoms with Crippen LogP contribution in [-0.4, -0.2) is 30.5 Å². The van der Waals surface area contributed by atoms with Crippen LogP contribution >= 0.6 is 11.6 Å². The summed E-state index contributed by atoms with van der Waals surface area (Å²) in [6.07, 6.45) is -0.591. The maximum atomic E-state index is 11.7. The first-order valence-corrected chi connectivity index (χ1v) is 6.57. The Morgan fingerprint density at radius 2 is 1.95 bits per heavy atom. The molecule has 6 heteroatoms. The normalized spacial score (nSPS) is 10.8. The van der Waals surface area contributed by atoms with Gasteiger partial charge >= 0.3 is 6.09 Å². The van der Waals surface area contributed by atoms with E-state index in [1.54, 1.807) is 32.9 Å². The van der Waals surface area contributed by atoms with Crippen molar-refractivity contribution in [2.75, 3.05) is 18.3 Å². The molecule has 0 saturated heterocycles. The average molecular weight is 300 g/mol. The van der Waals surface area contributed by atoms with Crippen LogP contribution < -0.4 is 10.1 Å². The van der Waals surface area contributed by atoms with Crippen LogP contribution in [0.1, 0.15) is 31.1 Å². The summed E-state index contributed by atoms with van der Waals surface area (Å²) >= 11 is 5.54. The fourth-order valence-electron chi connectivity index (χ4n) is 1.50. The lowest BCUT2D eigenvalue weighted by molar-refractivity contribution is 0.0635. The Labute approximate surface area is 123 Å². The van der Waals surface area contributed by atoms with Crippen molar-refractivity contribution < 1.29 is 19.1 Å². The number of ether oxygens (including phenoxy) is 2. The van der Waals surface area contributed by atoms with Crippen molar-refractivity contribution in [3.8, 4) is 5.75 Å². The molecule has 0 fully saturated rings. The van der Waals surface area contributed by atoms with E-state index >= 15 is 0 Å². The van der Waals surface area contributed by atoms with Gasteiger partial charge < -0.3 is 9.47 Å². The Balaban J connectivity index is 2.92. The summed E-state index contributed by atoms with van der Waals surface area (Å²) in [4.78, 5) is 23.4. The van der Waals surface area contributed by atoms with Crippen molar-refractivity contribution in [2.45, 2.75) is 26.4 Å². The van der Waals surface area contributed by atoms with Crippen molar-refractivity contribution in [3.05, 3.63) is 23.8 Å². The van der Waals surface area contributed by atoms with Crippen molar-refractivity contribution in [1.82, 2.24) is 0 Å². The highest BCUT2D eigenvalue weighted by Crippen LogP contribution is 2.24. The Morgan fingerprint density at radius 1 is 1.30 bits per heavy atom. The molecule has 1 aromatic rings. The number of hydrogen-bond acceptors (Lipinski definition) is 4. The summed E-state index contributed by atoms with van der Waals surface area (Å²) < 4.78 is 10.2. The second kappa shape index (κ2) is 6.61. The summed E-state index contributed by atoms with van der Waals surface area (Å²) in [5.74, 6) is -0.0339. The maximum absolute atomic E-state index is 11.7. The number of benzene rings is 1.